The van der Waals surface area contributed by atoms with Crippen molar-refractivity contribution >= 4 is 21.8 Å². The van der Waals surface area contributed by atoms with Gasteiger partial charge in [0.1, 0.15) is 5.69 Å². The highest BCUT2D eigenvalue weighted by Crippen LogP contribution is 2.23. The van der Waals surface area contributed by atoms with Crippen LogP contribution in [-0.4, -0.2) is 53.4 Å². The molecule has 0 aliphatic heterocycles. The number of hydrazine groups is 1. The van der Waals surface area contributed by atoms with E-state index in [1.54, 1.807) is 35.4 Å². The van der Waals surface area contributed by atoms with Crippen molar-refractivity contribution in [3.05, 3.63) is 96.4 Å². The van der Waals surface area contributed by atoms with E-state index >= 15 is 0 Å². The van der Waals surface area contributed by atoms with Gasteiger partial charge in [-0.25, -0.2) is 17.4 Å². The molecule has 0 atom stereocenters. The van der Waals surface area contributed by atoms with Crippen molar-refractivity contribution in [1.29, 1.82) is 0 Å². The highest BCUT2D eigenvalue weighted by molar-refractivity contribution is 7.89. The lowest BCUT2D eigenvalue weighted by molar-refractivity contribution is 0.0847. The van der Waals surface area contributed by atoms with E-state index in [-0.39, 0.29) is 16.0 Å². The molecule has 0 radical (unpaired) electrons. The van der Waals surface area contributed by atoms with Crippen molar-refractivity contribution in [2.24, 2.45) is 0 Å². The number of carbonyl (C=O) groups excluding carboxylic acids is 2. The van der Waals surface area contributed by atoms with Crippen LogP contribution in [0.4, 0.5) is 0 Å². The van der Waals surface area contributed by atoms with Crippen molar-refractivity contribution < 1.29 is 18.0 Å². The zero-order chi connectivity index (χ0) is 25.0. The molecular weight excluding hydrogens is 468 g/mol. The Hall–Kier alpha value is -4.35. The van der Waals surface area contributed by atoms with Gasteiger partial charge < -0.3 is 0 Å². The largest absolute Gasteiger partial charge is 0.273 e. The van der Waals surface area contributed by atoms with Gasteiger partial charge in [-0.3, -0.25) is 25.4 Å². The molecule has 10 nitrogen and oxygen atoms in total. The predicted octanol–water partition coefficient (Wildman–Crippen LogP) is 2.26. The van der Waals surface area contributed by atoms with E-state index < -0.39 is 21.8 Å². The maximum atomic E-state index is 13.0. The molecule has 4 aromatic rings. The van der Waals surface area contributed by atoms with Crippen LogP contribution in [-0.2, 0) is 10.0 Å². The highest BCUT2D eigenvalue weighted by Gasteiger charge is 2.21. The summed E-state index contributed by atoms with van der Waals surface area (Å²) in [6, 6.07) is 18.3. The Morgan fingerprint density at radius 1 is 0.914 bits per heavy atom. The Morgan fingerprint density at radius 2 is 1.66 bits per heavy atom. The lowest BCUT2D eigenvalue weighted by Crippen LogP contribution is -2.41. The number of pyridine rings is 1. The number of amides is 2. The van der Waals surface area contributed by atoms with E-state index in [2.05, 4.69) is 20.9 Å². The standard InChI is InChI=1S/C24H22N6O4S/c1-29(2)35(33,34)20-12-6-8-17(14-20)23(31)26-27-24(32)21-16-30(19-10-4-3-5-11-19)28-22(21)18-9-7-13-25-15-18/h3-16H,1-2H3,(H,26,31)(H,27,32). The minimum Gasteiger partial charge on any atom is -0.267 e. The van der Waals surface area contributed by atoms with Crippen LogP contribution < -0.4 is 10.9 Å². The van der Waals surface area contributed by atoms with Crippen LogP contribution in [0.3, 0.4) is 0 Å². The fourth-order valence-electron chi connectivity index (χ4n) is 3.23. The SMILES string of the molecule is CN(C)S(=O)(=O)c1cccc(C(=O)NNC(=O)c2cn(-c3ccccc3)nc2-c2cccnc2)c1. The molecule has 35 heavy (non-hydrogen) atoms. The number of nitrogens with one attached hydrogen (secondary N) is 2. The Morgan fingerprint density at radius 3 is 2.34 bits per heavy atom. The third-order valence-corrected chi connectivity index (χ3v) is 6.89. The van der Waals surface area contributed by atoms with Gasteiger partial charge >= 0.3 is 0 Å². The Kier molecular flexibility index (Phi) is 6.71. The van der Waals surface area contributed by atoms with Crippen LogP contribution in [0.2, 0.25) is 0 Å². The van der Waals surface area contributed by atoms with Gasteiger partial charge in [-0.05, 0) is 42.5 Å². The molecule has 0 aliphatic carbocycles. The van der Waals surface area contributed by atoms with Crippen molar-refractivity contribution in [3.63, 3.8) is 0 Å². The van der Waals surface area contributed by atoms with Crippen molar-refractivity contribution in [2.45, 2.75) is 4.90 Å². The second kappa shape index (κ2) is 9.87. The summed E-state index contributed by atoms with van der Waals surface area (Å²) in [4.78, 5) is 29.7. The summed E-state index contributed by atoms with van der Waals surface area (Å²) < 4.78 is 27.3. The number of benzene rings is 2. The van der Waals surface area contributed by atoms with Crippen molar-refractivity contribution in [1.82, 2.24) is 29.9 Å². The molecule has 11 heteroatoms. The van der Waals surface area contributed by atoms with Crippen molar-refractivity contribution in [2.75, 3.05) is 14.1 Å². The monoisotopic (exact) mass is 490 g/mol. The first-order chi connectivity index (χ1) is 16.8. The fraction of sp³-hybridized carbons (Fsp3) is 0.0833. The van der Waals surface area contributed by atoms with Gasteiger partial charge in [0.05, 0.1) is 16.1 Å². The summed E-state index contributed by atoms with van der Waals surface area (Å²) in [5.74, 6) is -1.27. The number of hydrogen-bond acceptors (Lipinski definition) is 6. The molecule has 2 amide bonds. The smallest absolute Gasteiger partial charge is 0.267 e. The molecule has 0 aliphatic rings. The summed E-state index contributed by atoms with van der Waals surface area (Å²) in [7, 11) is -0.917. The number of rotatable bonds is 6. The van der Waals surface area contributed by atoms with Crippen LogP contribution in [0.5, 0.6) is 0 Å². The number of sulfonamides is 1. The van der Waals surface area contributed by atoms with Gasteiger partial charge in [0.15, 0.2) is 0 Å². The van der Waals surface area contributed by atoms with Gasteiger partial charge in [0, 0.05) is 43.8 Å². The van der Waals surface area contributed by atoms with Crippen LogP contribution in [0, 0.1) is 0 Å². The minimum atomic E-state index is -3.72. The molecule has 0 bridgehead atoms. The average molecular weight is 491 g/mol. The van der Waals surface area contributed by atoms with E-state index in [1.807, 2.05) is 30.3 Å². The Bertz CT molecular complexity index is 1470. The zero-order valence-corrected chi connectivity index (χ0v) is 19.7. The third kappa shape index (κ3) is 5.10. The van der Waals surface area contributed by atoms with Crippen LogP contribution in [0.1, 0.15) is 20.7 Å². The summed E-state index contributed by atoms with van der Waals surface area (Å²) in [6.07, 6.45) is 4.76. The second-order valence-electron chi connectivity index (χ2n) is 7.64. The predicted molar refractivity (Wildman–Crippen MR) is 129 cm³/mol. The average Bonchev–Trinajstić information content (AvgIpc) is 3.34. The zero-order valence-electron chi connectivity index (χ0n) is 18.9. The van der Waals surface area contributed by atoms with E-state index in [9.17, 15) is 18.0 Å². The first kappa shape index (κ1) is 23.8. The quantitative estimate of drug-likeness (QED) is 0.399. The van der Waals surface area contributed by atoms with Gasteiger partial charge in [-0.15, -0.1) is 0 Å². The number of aromatic nitrogens is 3. The molecule has 0 spiro atoms. The number of para-hydroxylation sites is 1. The lowest BCUT2D eigenvalue weighted by Gasteiger charge is -2.12. The Balaban J connectivity index is 1.58. The number of carbonyl (C=O) groups is 2. The summed E-state index contributed by atoms with van der Waals surface area (Å²) in [6.45, 7) is 0. The fourth-order valence-corrected chi connectivity index (χ4v) is 4.18. The molecule has 0 saturated heterocycles. The van der Waals surface area contributed by atoms with E-state index in [0.29, 0.717) is 11.3 Å². The normalized spacial score (nSPS) is 11.3. The third-order valence-electron chi connectivity index (χ3n) is 5.08. The summed E-state index contributed by atoms with van der Waals surface area (Å²) in [5.41, 5.74) is 6.76. The molecule has 2 heterocycles. The van der Waals surface area contributed by atoms with E-state index in [1.165, 1.54) is 38.4 Å². The molecule has 2 aromatic carbocycles. The maximum absolute atomic E-state index is 13.0. The van der Waals surface area contributed by atoms with Gasteiger partial charge in [-0.1, -0.05) is 24.3 Å². The molecule has 2 aromatic heterocycles. The highest BCUT2D eigenvalue weighted by atomic mass is 32.2. The first-order valence-electron chi connectivity index (χ1n) is 10.5. The molecule has 0 fully saturated rings. The van der Waals surface area contributed by atoms with Crippen LogP contribution in [0.25, 0.3) is 16.9 Å². The minimum absolute atomic E-state index is 0.0375. The molecule has 178 valence electrons. The van der Waals surface area contributed by atoms with E-state index in [4.69, 9.17) is 0 Å². The molecule has 4 rings (SSSR count). The van der Waals surface area contributed by atoms with Crippen molar-refractivity contribution in [3.8, 4) is 16.9 Å². The molecule has 2 N–H and O–H groups in total. The second-order valence-corrected chi connectivity index (χ2v) is 9.79. The lowest BCUT2D eigenvalue weighted by atomic mass is 10.1. The van der Waals surface area contributed by atoms with Crippen LogP contribution >= 0.6 is 0 Å². The molecular formula is C24H22N6O4S. The summed E-state index contributed by atoms with van der Waals surface area (Å²) >= 11 is 0. The summed E-state index contributed by atoms with van der Waals surface area (Å²) in [5, 5.41) is 4.54. The maximum Gasteiger partial charge on any atom is 0.273 e. The van der Waals surface area contributed by atoms with Gasteiger partial charge in [-0.2, -0.15) is 5.10 Å². The topological polar surface area (TPSA) is 126 Å². The van der Waals surface area contributed by atoms with Gasteiger partial charge in [0.25, 0.3) is 11.8 Å². The number of hydrogen-bond donors (Lipinski definition) is 2. The Labute approximate surface area is 202 Å². The molecule has 0 saturated carbocycles. The van der Waals surface area contributed by atoms with Gasteiger partial charge in [0.2, 0.25) is 10.0 Å². The van der Waals surface area contributed by atoms with E-state index in [0.717, 1.165) is 9.99 Å². The first-order valence-corrected chi connectivity index (χ1v) is 11.9. The number of nitrogens with zero attached hydrogens (tertiary/aromatic N) is 4. The van der Waals surface area contributed by atoms with Crippen LogP contribution in [0.15, 0.2) is 90.2 Å². The molecule has 0 unspecified atom stereocenters.